The first-order valence-electron chi connectivity index (χ1n) is 6.79. The quantitative estimate of drug-likeness (QED) is 0.786. The van der Waals surface area contributed by atoms with E-state index >= 15 is 0 Å². The fourth-order valence-electron chi connectivity index (χ4n) is 2.53. The molecule has 20 heavy (non-hydrogen) atoms. The lowest BCUT2D eigenvalue weighted by Gasteiger charge is -2.33. The van der Waals surface area contributed by atoms with Gasteiger partial charge in [0, 0.05) is 24.0 Å². The van der Waals surface area contributed by atoms with Gasteiger partial charge >= 0.3 is 0 Å². The van der Waals surface area contributed by atoms with Gasteiger partial charge in [0.2, 0.25) is 0 Å². The molecule has 0 bridgehead atoms. The molecule has 3 nitrogen and oxygen atoms in total. The molecule has 1 aliphatic heterocycles. The number of alkyl halides is 1. The number of likely N-dealkylation sites (tertiary alicyclic amines) is 1. The van der Waals surface area contributed by atoms with E-state index in [0.29, 0.717) is 29.6 Å². The summed E-state index contributed by atoms with van der Waals surface area (Å²) >= 11 is 3.59. The molecule has 0 radical (unpaired) electrons. The molecule has 1 fully saturated rings. The van der Waals surface area contributed by atoms with Gasteiger partial charge in [0.1, 0.15) is 11.6 Å². The van der Waals surface area contributed by atoms with Crippen molar-refractivity contribution in [1.82, 2.24) is 4.90 Å². The monoisotopic (exact) mass is 343 g/mol. The molecule has 1 amide bonds. The van der Waals surface area contributed by atoms with Crippen molar-refractivity contribution in [2.75, 3.05) is 20.2 Å². The fourth-order valence-corrected chi connectivity index (χ4v) is 3.06. The topological polar surface area (TPSA) is 29.5 Å². The molecule has 0 aromatic heterocycles. The average molecular weight is 344 g/mol. The van der Waals surface area contributed by atoms with Gasteiger partial charge in [0.05, 0.1) is 12.7 Å². The van der Waals surface area contributed by atoms with E-state index in [-0.39, 0.29) is 11.5 Å². The fraction of sp³-hybridized carbons (Fsp3) is 0.533. The van der Waals surface area contributed by atoms with Crippen molar-refractivity contribution in [3.8, 4) is 5.75 Å². The largest absolute Gasteiger partial charge is 0.497 e. The summed E-state index contributed by atoms with van der Waals surface area (Å²) in [6, 6.07) is 4.36. The minimum Gasteiger partial charge on any atom is -0.497 e. The van der Waals surface area contributed by atoms with Gasteiger partial charge in [-0.05, 0) is 30.9 Å². The second-order valence-electron chi connectivity index (χ2n) is 5.15. The molecule has 0 saturated carbocycles. The number of hydrogen-bond donors (Lipinski definition) is 0. The van der Waals surface area contributed by atoms with Crippen molar-refractivity contribution < 1.29 is 13.9 Å². The number of methoxy groups -OCH3 is 1. The van der Waals surface area contributed by atoms with Crippen LogP contribution in [-0.4, -0.2) is 35.8 Å². The van der Waals surface area contributed by atoms with Crippen LogP contribution in [-0.2, 0) is 0 Å². The van der Waals surface area contributed by atoms with E-state index in [4.69, 9.17) is 4.74 Å². The molecule has 1 aromatic rings. The van der Waals surface area contributed by atoms with Crippen LogP contribution in [0.4, 0.5) is 4.39 Å². The molecule has 5 heteroatoms. The summed E-state index contributed by atoms with van der Waals surface area (Å²) in [5.74, 6) is 0.252. The Labute approximate surface area is 127 Å². The first kappa shape index (κ1) is 15.3. The second kappa shape index (κ2) is 6.57. The highest BCUT2D eigenvalue weighted by Crippen LogP contribution is 2.26. The Morgan fingerprint density at radius 2 is 2.10 bits per heavy atom. The number of rotatable bonds is 3. The molecule has 0 N–H and O–H groups in total. The van der Waals surface area contributed by atoms with Gasteiger partial charge in [-0.1, -0.05) is 22.9 Å². The second-order valence-corrected chi connectivity index (χ2v) is 6.60. The van der Waals surface area contributed by atoms with Gasteiger partial charge < -0.3 is 9.64 Å². The van der Waals surface area contributed by atoms with Gasteiger partial charge in [-0.2, -0.15) is 0 Å². The van der Waals surface area contributed by atoms with Crippen LogP contribution in [0.25, 0.3) is 0 Å². The van der Waals surface area contributed by atoms with Crippen molar-refractivity contribution >= 4 is 21.8 Å². The van der Waals surface area contributed by atoms with Crippen molar-refractivity contribution in [3.63, 3.8) is 0 Å². The predicted octanol–water partition coefficient (Wildman–Crippen LogP) is 3.47. The highest BCUT2D eigenvalue weighted by molar-refractivity contribution is 9.09. The third-order valence-electron chi connectivity index (χ3n) is 3.88. The Morgan fingerprint density at radius 3 is 2.60 bits per heavy atom. The van der Waals surface area contributed by atoms with Crippen LogP contribution < -0.4 is 4.74 Å². The van der Waals surface area contributed by atoms with Gasteiger partial charge in [0.25, 0.3) is 5.91 Å². The molecule has 1 atom stereocenters. The Balaban J connectivity index is 2.05. The molecule has 2 rings (SSSR count). The summed E-state index contributed by atoms with van der Waals surface area (Å²) in [5.41, 5.74) is 0.121. The first-order chi connectivity index (χ1) is 9.52. The Morgan fingerprint density at radius 1 is 1.45 bits per heavy atom. The molecular formula is C15H19BrFNO2. The van der Waals surface area contributed by atoms with E-state index in [9.17, 15) is 9.18 Å². The zero-order valence-electron chi connectivity index (χ0n) is 11.7. The van der Waals surface area contributed by atoms with E-state index in [1.165, 1.54) is 19.2 Å². The smallest absolute Gasteiger partial charge is 0.256 e. The molecule has 0 aliphatic carbocycles. The lowest BCUT2D eigenvalue weighted by Crippen LogP contribution is -2.40. The van der Waals surface area contributed by atoms with Crippen LogP contribution in [0.5, 0.6) is 5.75 Å². The maximum Gasteiger partial charge on any atom is 0.256 e. The average Bonchev–Trinajstić information content (AvgIpc) is 2.46. The summed E-state index contributed by atoms with van der Waals surface area (Å²) in [5, 5.41) is 0. The van der Waals surface area contributed by atoms with Crippen molar-refractivity contribution in [2.24, 2.45) is 5.92 Å². The maximum absolute atomic E-state index is 13.9. The number of benzene rings is 1. The molecule has 0 spiro atoms. The lowest BCUT2D eigenvalue weighted by atomic mass is 9.94. The minimum atomic E-state index is -0.523. The summed E-state index contributed by atoms with van der Waals surface area (Å²) in [6.07, 6.45) is 1.91. The highest BCUT2D eigenvalue weighted by Gasteiger charge is 2.27. The molecule has 1 aromatic carbocycles. The number of amides is 1. The Bertz CT molecular complexity index is 485. The van der Waals surface area contributed by atoms with E-state index in [0.717, 1.165) is 12.8 Å². The third-order valence-corrected chi connectivity index (χ3v) is 4.63. The number of hydrogen-bond acceptors (Lipinski definition) is 2. The summed E-state index contributed by atoms with van der Waals surface area (Å²) in [4.78, 5) is 14.5. The molecule has 110 valence electrons. The van der Waals surface area contributed by atoms with E-state index in [1.807, 2.05) is 0 Å². The van der Waals surface area contributed by atoms with E-state index in [1.54, 1.807) is 11.0 Å². The van der Waals surface area contributed by atoms with Gasteiger partial charge in [-0.15, -0.1) is 0 Å². The van der Waals surface area contributed by atoms with Crippen molar-refractivity contribution in [3.05, 3.63) is 29.6 Å². The van der Waals surface area contributed by atoms with Crippen molar-refractivity contribution in [2.45, 2.75) is 24.6 Å². The predicted molar refractivity (Wildman–Crippen MR) is 80.0 cm³/mol. The van der Waals surface area contributed by atoms with Crippen LogP contribution in [0.3, 0.4) is 0 Å². The molecular weight excluding hydrogens is 325 g/mol. The lowest BCUT2D eigenvalue weighted by molar-refractivity contribution is 0.0686. The number of piperidine rings is 1. The number of halogens is 2. The van der Waals surface area contributed by atoms with Crippen LogP contribution in [0.2, 0.25) is 0 Å². The standard InChI is InChI=1S/C15H19BrFNO2/c1-10(16)11-5-7-18(8-6-11)15(19)13-4-3-12(20-2)9-14(13)17/h3-4,9-11H,5-8H2,1-2H3. The van der Waals surface area contributed by atoms with E-state index < -0.39 is 5.82 Å². The van der Waals surface area contributed by atoms with Crippen LogP contribution in [0.15, 0.2) is 18.2 Å². The van der Waals surface area contributed by atoms with E-state index in [2.05, 4.69) is 22.9 Å². The van der Waals surface area contributed by atoms with Crippen molar-refractivity contribution in [1.29, 1.82) is 0 Å². The first-order valence-corrected chi connectivity index (χ1v) is 7.71. The zero-order chi connectivity index (χ0) is 14.7. The maximum atomic E-state index is 13.9. The van der Waals surface area contributed by atoms with Crippen LogP contribution >= 0.6 is 15.9 Å². The van der Waals surface area contributed by atoms with Gasteiger partial charge in [0.15, 0.2) is 0 Å². The SMILES string of the molecule is COc1ccc(C(=O)N2CCC(C(C)Br)CC2)c(F)c1. The summed E-state index contributed by atoms with van der Waals surface area (Å²) in [7, 11) is 1.47. The molecule has 1 saturated heterocycles. The number of carbonyl (C=O) groups excluding carboxylic acids is 1. The van der Waals surface area contributed by atoms with Crippen LogP contribution in [0, 0.1) is 11.7 Å². The number of carbonyl (C=O) groups is 1. The van der Waals surface area contributed by atoms with Gasteiger partial charge in [-0.25, -0.2) is 4.39 Å². The normalized spacial score (nSPS) is 17.9. The minimum absolute atomic E-state index is 0.121. The third kappa shape index (κ3) is 3.32. The molecule has 1 heterocycles. The number of ether oxygens (including phenoxy) is 1. The van der Waals surface area contributed by atoms with Gasteiger partial charge in [-0.3, -0.25) is 4.79 Å². The van der Waals surface area contributed by atoms with Crippen LogP contribution in [0.1, 0.15) is 30.1 Å². The Hall–Kier alpha value is -1.10. The molecule has 1 aliphatic rings. The summed E-state index contributed by atoms with van der Waals surface area (Å²) in [6.45, 7) is 3.50. The molecule has 1 unspecified atom stereocenters. The highest BCUT2D eigenvalue weighted by atomic mass is 79.9. The zero-order valence-corrected chi connectivity index (χ0v) is 13.3. The summed E-state index contributed by atoms with van der Waals surface area (Å²) < 4.78 is 18.9. The Kier molecular flexibility index (Phi) is 5.02. The number of nitrogens with zero attached hydrogens (tertiary/aromatic N) is 1.